The lowest BCUT2D eigenvalue weighted by Crippen LogP contribution is -2.22. The van der Waals surface area contributed by atoms with E-state index in [1.807, 2.05) is 23.1 Å². The number of aryl methyl sites for hydroxylation is 1. The average Bonchev–Trinajstić information content (AvgIpc) is 2.81. The minimum Gasteiger partial charge on any atom is -0.271 e. The topological polar surface area (TPSA) is 46.8 Å². The molecule has 0 spiro atoms. The summed E-state index contributed by atoms with van der Waals surface area (Å²) in [6.07, 6.45) is 0.776. The molecule has 0 N–H and O–H groups in total. The van der Waals surface area contributed by atoms with Gasteiger partial charge in [0.25, 0.3) is 5.95 Å². The number of anilines is 2. The Bertz CT molecular complexity index is 562. The Morgan fingerprint density at radius 2 is 2.12 bits per heavy atom. The number of benzene rings is 1. The van der Waals surface area contributed by atoms with E-state index in [-0.39, 0.29) is 0 Å². The quantitative estimate of drug-likeness (QED) is 0.691. The van der Waals surface area contributed by atoms with Gasteiger partial charge in [-0.3, -0.25) is 4.90 Å². The Hall–Kier alpha value is -1.82. The summed E-state index contributed by atoms with van der Waals surface area (Å²) < 4.78 is 1.62. The molecule has 1 aromatic carbocycles. The van der Waals surface area contributed by atoms with Gasteiger partial charge >= 0.3 is 0 Å². The summed E-state index contributed by atoms with van der Waals surface area (Å²) in [6, 6.07) is 8.11. The maximum atomic E-state index is 5.37. The molecule has 0 radical (unpaired) electrons. The fraction of sp³-hybridized carbons (Fsp3) is 0.200. The number of fused-ring (bicyclic) bond motifs is 1. The first-order valence-corrected chi connectivity index (χ1v) is 5.31. The standard InChI is InChI=1S/C10H9N5S/c1-14-10(11-12-13-14)15-8-5-3-2-4-7(8)6-9(15)16/h2-5H,6H2,1H3. The van der Waals surface area contributed by atoms with Gasteiger partial charge in [0, 0.05) is 13.5 Å². The molecule has 80 valence electrons. The Morgan fingerprint density at radius 3 is 2.88 bits per heavy atom. The zero-order valence-corrected chi connectivity index (χ0v) is 9.48. The number of para-hydroxylation sites is 1. The maximum absolute atomic E-state index is 5.37. The molecule has 0 atom stereocenters. The second kappa shape index (κ2) is 3.34. The zero-order chi connectivity index (χ0) is 11.1. The minimum atomic E-state index is 0.662. The highest BCUT2D eigenvalue weighted by Crippen LogP contribution is 2.33. The van der Waals surface area contributed by atoms with Crippen LogP contribution in [0.15, 0.2) is 24.3 Å². The van der Waals surface area contributed by atoms with Gasteiger partial charge in [-0.15, -0.1) is 0 Å². The Labute approximate surface area is 97.7 Å². The van der Waals surface area contributed by atoms with Crippen LogP contribution in [0.25, 0.3) is 0 Å². The number of hydrogen-bond acceptors (Lipinski definition) is 4. The van der Waals surface area contributed by atoms with Gasteiger partial charge < -0.3 is 0 Å². The predicted molar refractivity (Wildman–Crippen MR) is 63.7 cm³/mol. The molecule has 0 bridgehead atoms. The van der Waals surface area contributed by atoms with E-state index in [0.717, 1.165) is 17.1 Å². The number of hydrogen-bond donors (Lipinski definition) is 0. The van der Waals surface area contributed by atoms with E-state index in [1.54, 1.807) is 11.7 Å². The minimum absolute atomic E-state index is 0.662. The number of aromatic nitrogens is 4. The van der Waals surface area contributed by atoms with E-state index in [0.29, 0.717) is 5.95 Å². The summed E-state index contributed by atoms with van der Waals surface area (Å²) in [4.78, 5) is 2.75. The lowest BCUT2D eigenvalue weighted by Gasteiger charge is -2.16. The van der Waals surface area contributed by atoms with Gasteiger partial charge in [-0.1, -0.05) is 35.5 Å². The number of tetrazole rings is 1. The van der Waals surface area contributed by atoms with Crippen molar-refractivity contribution in [1.82, 2.24) is 20.2 Å². The lowest BCUT2D eigenvalue weighted by molar-refractivity contribution is 0.712. The van der Waals surface area contributed by atoms with Crippen molar-refractivity contribution in [2.75, 3.05) is 4.90 Å². The van der Waals surface area contributed by atoms with E-state index in [4.69, 9.17) is 12.2 Å². The molecule has 16 heavy (non-hydrogen) atoms. The van der Waals surface area contributed by atoms with Gasteiger partial charge in [-0.05, 0) is 22.1 Å². The van der Waals surface area contributed by atoms with Crippen LogP contribution in [0.3, 0.4) is 0 Å². The molecule has 0 saturated carbocycles. The first-order chi connectivity index (χ1) is 7.77. The number of thiocarbonyl (C=S) groups is 1. The lowest BCUT2D eigenvalue weighted by atomic mass is 10.2. The predicted octanol–water partition coefficient (Wildman–Crippen LogP) is 1.23. The molecule has 1 aliphatic rings. The van der Waals surface area contributed by atoms with Crippen molar-refractivity contribution in [3.05, 3.63) is 29.8 Å². The molecule has 2 heterocycles. The molecular formula is C10H9N5S. The van der Waals surface area contributed by atoms with Gasteiger partial charge in [0.15, 0.2) is 0 Å². The van der Waals surface area contributed by atoms with Crippen LogP contribution >= 0.6 is 12.2 Å². The zero-order valence-electron chi connectivity index (χ0n) is 8.66. The molecule has 0 fully saturated rings. The van der Waals surface area contributed by atoms with Crippen LogP contribution in [0.2, 0.25) is 0 Å². The second-order valence-corrected chi connectivity index (χ2v) is 4.11. The number of nitrogens with zero attached hydrogens (tertiary/aromatic N) is 5. The van der Waals surface area contributed by atoms with Crippen LogP contribution < -0.4 is 4.90 Å². The molecule has 1 aliphatic heterocycles. The molecule has 1 aromatic heterocycles. The highest BCUT2D eigenvalue weighted by atomic mass is 32.1. The molecule has 0 amide bonds. The normalized spacial score (nSPS) is 14.3. The Balaban J connectivity index is 2.16. The van der Waals surface area contributed by atoms with Crippen molar-refractivity contribution in [3.8, 4) is 0 Å². The molecule has 3 rings (SSSR count). The fourth-order valence-electron chi connectivity index (χ4n) is 1.89. The van der Waals surface area contributed by atoms with E-state index < -0.39 is 0 Å². The summed E-state index contributed by atoms with van der Waals surface area (Å²) in [7, 11) is 1.80. The molecule has 0 saturated heterocycles. The number of rotatable bonds is 1. The molecule has 6 heteroatoms. The molecular weight excluding hydrogens is 222 g/mol. The average molecular weight is 231 g/mol. The van der Waals surface area contributed by atoms with Gasteiger partial charge in [0.05, 0.1) is 10.7 Å². The van der Waals surface area contributed by atoms with Crippen LogP contribution in [-0.2, 0) is 13.5 Å². The highest BCUT2D eigenvalue weighted by Gasteiger charge is 2.28. The third-order valence-corrected chi connectivity index (χ3v) is 2.95. The van der Waals surface area contributed by atoms with Crippen molar-refractivity contribution in [3.63, 3.8) is 0 Å². The monoisotopic (exact) mass is 231 g/mol. The summed E-state index contributed by atoms with van der Waals surface area (Å²) in [5.74, 6) is 0.662. The smallest absolute Gasteiger partial charge is 0.254 e. The summed E-state index contributed by atoms with van der Waals surface area (Å²) >= 11 is 5.37. The van der Waals surface area contributed by atoms with Crippen molar-refractivity contribution in [2.45, 2.75) is 6.42 Å². The van der Waals surface area contributed by atoms with E-state index in [1.165, 1.54) is 5.56 Å². The maximum Gasteiger partial charge on any atom is 0.254 e. The summed E-state index contributed by atoms with van der Waals surface area (Å²) in [5.41, 5.74) is 2.29. The van der Waals surface area contributed by atoms with E-state index >= 15 is 0 Å². The van der Waals surface area contributed by atoms with Gasteiger partial charge in [-0.25, -0.2) is 4.68 Å². The third-order valence-electron chi connectivity index (χ3n) is 2.62. The van der Waals surface area contributed by atoms with Crippen LogP contribution in [-0.4, -0.2) is 25.2 Å². The van der Waals surface area contributed by atoms with Crippen molar-refractivity contribution in [2.24, 2.45) is 7.05 Å². The largest absolute Gasteiger partial charge is 0.271 e. The SMILES string of the molecule is Cn1nnnc1N1C(=S)Cc2ccccc21. The van der Waals surface area contributed by atoms with E-state index in [2.05, 4.69) is 21.6 Å². The van der Waals surface area contributed by atoms with Crippen LogP contribution in [0.4, 0.5) is 11.6 Å². The fourth-order valence-corrected chi connectivity index (χ4v) is 2.22. The summed E-state index contributed by atoms with van der Waals surface area (Å²) in [6.45, 7) is 0. The molecule has 0 aliphatic carbocycles. The van der Waals surface area contributed by atoms with Crippen molar-refractivity contribution < 1.29 is 0 Å². The van der Waals surface area contributed by atoms with Crippen LogP contribution in [0, 0.1) is 0 Å². The third kappa shape index (κ3) is 1.23. The molecule has 0 unspecified atom stereocenters. The van der Waals surface area contributed by atoms with Gasteiger partial charge in [0.1, 0.15) is 0 Å². The van der Waals surface area contributed by atoms with Gasteiger partial charge in [0.2, 0.25) is 0 Å². The Morgan fingerprint density at radius 1 is 1.31 bits per heavy atom. The van der Waals surface area contributed by atoms with Crippen LogP contribution in [0.5, 0.6) is 0 Å². The summed E-state index contributed by atoms with van der Waals surface area (Å²) in [5, 5.41) is 11.4. The van der Waals surface area contributed by atoms with Gasteiger partial charge in [-0.2, -0.15) is 0 Å². The Kier molecular flexibility index (Phi) is 1.97. The first kappa shape index (κ1) is 9.41. The first-order valence-electron chi connectivity index (χ1n) is 4.90. The highest BCUT2D eigenvalue weighted by molar-refractivity contribution is 7.80. The van der Waals surface area contributed by atoms with Crippen LogP contribution in [0.1, 0.15) is 5.56 Å². The molecule has 5 nitrogen and oxygen atoms in total. The van der Waals surface area contributed by atoms with Crippen molar-refractivity contribution in [1.29, 1.82) is 0 Å². The van der Waals surface area contributed by atoms with Crippen molar-refractivity contribution >= 4 is 28.8 Å². The van der Waals surface area contributed by atoms with E-state index in [9.17, 15) is 0 Å². The molecule has 2 aromatic rings. The second-order valence-electron chi connectivity index (χ2n) is 3.64.